The van der Waals surface area contributed by atoms with Crippen molar-refractivity contribution in [1.29, 1.82) is 0 Å². The van der Waals surface area contributed by atoms with Gasteiger partial charge in [-0.3, -0.25) is 4.79 Å². The van der Waals surface area contributed by atoms with Gasteiger partial charge in [0.25, 0.3) is 0 Å². The van der Waals surface area contributed by atoms with E-state index in [2.05, 4.69) is 0 Å². The lowest BCUT2D eigenvalue weighted by Crippen LogP contribution is -2.25. The molecule has 5 nitrogen and oxygen atoms in total. The van der Waals surface area contributed by atoms with E-state index in [9.17, 15) is 9.59 Å². The molecule has 0 fully saturated rings. The largest absolute Gasteiger partial charge is 0.478 e. The molecule has 0 radical (unpaired) electrons. The SMILES string of the molecule is Nc1cccc(C(=O)O)c1C(N)C(=O)c1ccccc1. The number of aromatic carboxylic acids is 1. The van der Waals surface area contributed by atoms with E-state index in [0.29, 0.717) is 5.56 Å². The van der Waals surface area contributed by atoms with Crippen LogP contribution in [0.5, 0.6) is 0 Å². The number of Topliss-reactive ketones (excluding diaryl/α,β-unsaturated/α-hetero) is 1. The molecule has 0 aliphatic heterocycles. The molecule has 0 aromatic heterocycles. The molecular weight excluding hydrogens is 256 g/mol. The second kappa shape index (κ2) is 5.54. The molecule has 20 heavy (non-hydrogen) atoms. The highest BCUT2D eigenvalue weighted by atomic mass is 16.4. The highest BCUT2D eigenvalue weighted by molar-refractivity contribution is 6.03. The zero-order valence-corrected chi connectivity index (χ0v) is 10.6. The van der Waals surface area contributed by atoms with Crippen LogP contribution in [0.25, 0.3) is 0 Å². The maximum atomic E-state index is 12.3. The van der Waals surface area contributed by atoms with E-state index in [1.807, 2.05) is 0 Å². The zero-order valence-electron chi connectivity index (χ0n) is 10.6. The summed E-state index contributed by atoms with van der Waals surface area (Å²) in [7, 11) is 0. The Balaban J connectivity index is 2.46. The molecular formula is C15H14N2O3. The molecule has 2 aromatic rings. The minimum atomic E-state index is -1.16. The van der Waals surface area contributed by atoms with Gasteiger partial charge in [0, 0.05) is 16.8 Å². The van der Waals surface area contributed by atoms with Crippen LogP contribution in [0.2, 0.25) is 0 Å². The molecule has 0 heterocycles. The third-order valence-corrected chi connectivity index (χ3v) is 3.02. The average Bonchev–Trinajstić information content (AvgIpc) is 2.46. The molecule has 0 spiro atoms. The number of hydrogen-bond acceptors (Lipinski definition) is 4. The number of carbonyl (C=O) groups excluding carboxylic acids is 1. The van der Waals surface area contributed by atoms with E-state index in [1.165, 1.54) is 18.2 Å². The van der Waals surface area contributed by atoms with Crippen LogP contribution in [-0.4, -0.2) is 16.9 Å². The summed E-state index contributed by atoms with van der Waals surface area (Å²) in [6.45, 7) is 0. The first-order valence-electron chi connectivity index (χ1n) is 5.99. The van der Waals surface area contributed by atoms with Crippen molar-refractivity contribution in [3.63, 3.8) is 0 Å². The third kappa shape index (κ3) is 2.53. The van der Waals surface area contributed by atoms with E-state index < -0.39 is 12.0 Å². The van der Waals surface area contributed by atoms with Crippen LogP contribution < -0.4 is 11.5 Å². The van der Waals surface area contributed by atoms with E-state index in [0.717, 1.165) is 0 Å². The molecule has 0 amide bonds. The number of nitrogens with two attached hydrogens (primary N) is 2. The number of nitrogen functional groups attached to an aromatic ring is 1. The van der Waals surface area contributed by atoms with Gasteiger partial charge in [-0.25, -0.2) is 4.79 Å². The average molecular weight is 270 g/mol. The van der Waals surface area contributed by atoms with Gasteiger partial charge in [0.15, 0.2) is 5.78 Å². The third-order valence-electron chi connectivity index (χ3n) is 3.02. The van der Waals surface area contributed by atoms with Crippen molar-refractivity contribution in [2.45, 2.75) is 6.04 Å². The molecule has 2 rings (SSSR count). The summed E-state index contributed by atoms with van der Waals surface area (Å²) < 4.78 is 0. The monoisotopic (exact) mass is 270 g/mol. The lowest BCUT2D eigenvalue weighted by Gasteiger charge is -2.16. The maximum Gasteiger partial charge on any atom is 0.336 e. The van der Waals surface area contributed by atoms with E-state index in [-0.39, 0.29) is 22.6 Å². The van der Waals surface area contributed by atoms with Gasteiger partial charge in [0.2, 0.25) is 0 Å². The first kappa shape index (κ1) is 13.8. The van der Waals surface area contributed by atoms with Crippen LogP contribution in [0.4, 0.5) is 5.69 Å². The predicted molar refractivity (Wildman–Crippen MR) is 75.5 cm³/mol. The fourth-order valence-electron chi connectivity index (χ4n) is 2.03. The molecule has 0 aliphatic rings. The Bertz CT molecular complexity index is 653. The summed E-state index contributed by atoms with van der Waals surface area (Å²) in [6, 6.07) is 11.8. The van der Waals surface area contributed by atoms with Gasteiger partial charge in [-0.15, -0.1) is 0 Å². The lowest BCUT2D eigenvalue weighted by molar-refractivity contribution is 0.0695. The number of benzene rings is 2. The number of ketones is 1. The highest BCUT2D eigenvalue weighted by Crippen LogP contribution is 2.26. The standard InChI is InChI=1S/C15H14N2O3/c16-11-8-4-7-10(15(19)20)12(11)13(17)14(18)9-5-2-1-3-6-9/h1-8,13H,16-17H2,(H,19,20). The second-order valence-corrected chi connectivity index (χ2v) is 4.32. The predicted octanol–water partition coefficient (Wildman–Crippen LogP) is 1.85. The first-order chi connectivity index (χ1) is 9.52. The summed E-state index contributed by atoms with van der Waals surface area (Å²) in [5, 5.41) is 9.17. The molecule has 0 saturated heterocycles. The van der Waals surface area contributed by atoms with Crippen molar-refractivity contribution < 1.29 is 14.7 Å². The fourth-order valence-corrected chi connectivity index (χ4v) is 2.03. The Morgan fingerprint density at radius 3 is 2.25 bits per heavy atom. The number of carboxylic acids is 1. The van der Waals surface area contributed by atoms with Crippen LogP contribution in [-0.2, 0) is 0 Å². The minimum Gasteiger partial charge on any atom is -0.478 e. The van der Waals surface area contributed by atoms with Crippen LogP contribution in [0.15, 0.2) is 48.5 Å². The van der Waals surface area contributed by atoms with Crippen molar-refractivity contribution >= 4 is 17.4 Å². The van der Waals surface area contributed by atoms with Crippen molar-refractivity contribution in [2.24, 2.45) is 5.73 Å². The highest BCUT2D eigenvalue weighted by Gasteiger charge is 2.24. The molecule has 1 unspecified atom stereocenters. The lowest BCUT2D eigenvalue weighted by atomic mass is 9.93. The number of carboxylic acid groups (broad SMARTS) is 1. The van der Waals surface area contributed by atoms with Crippen LogP contribution >= 0.6 is 0 Å². The van der Waals surface area contributed by atoms with Crippen molar-refractivity contribution in [2.75, 3.05) is 5.73 Å². The van der Waals surface area contributed by atoms with Crippen LogP contribution in [0, 0.1) is 0 Å². The number of carbonyl (C=O) groups is 2. The molecule has 0 aliphatic carbocycles. The van der Waals surface area contributed by atoms with Crippen molar-refractivity contribution in [1.82, 2.24) is 0 Å². The summed E-state index contributed by atoms with van der Waals surface area (Å²) in [6.07, 6.45) is 0. The molecule has 102 valence electrons. The zero-order chi connectivity index (χ0) is 14.7. The Hall–Kier alpha value is -2.66. The molecule has 2 aromatic carbocycles. The van der Waals surface area contributed by atoms with Gasteiger partial charge in [0.1, 0.15) is 0 Å². The van der Waals surface area contributed by atoms with Crippen LogP contribution in [0.3, 0.4) is 0 Å². The van der Waals surface area contributed by atoms with E-state index >= 15 is 0 Å². The summed E-state index contributed by atoms with van der Waals surface area (Å²) in [5.74, 6) is -1.53. The summed E-state index contributed by atoms with van der Waals surface area (Å²) in [5.41, 5.74) is 12.4. The molecule has 5 N–H and O–H groups in total. The molecule has 0 saturated carbocycles. The normalized spacial score (nSPS) is 11.8. The number of anilines is 1. The topological polar surface area (TPSA) is 106 Å². The fraction of sp³-hybridized carbons (Fsp3) is 0.0667. The van der Waals surface area contributed by atoms with Gasteiger partial charge in [-0.05, 0) is 12.1 Å². The van der Waals surface area contributed by atoms with E-state index in [4.69, 9.17) is 16.6 Å². The minimum absolute atomic E-state index is 0.0539. The molecule has 0 bridgehead atoms. The van der Waals surface area contributed by atoms with Gasteiger partial charge in [-0.2, -0.15) is 0 Å². The van der Waals surface area contributed by atoms with Gasteiger partial charge in [0.05, 0.1) is 11.6 Å². The maximum absolute atomic E-state index is 12.3. The smallest absolute Gasteiger partial charge is 0.336 e. The summed E-state index contributed by atoms with van der Waals surface area (Å²) >= 11 is 0. The Kier molecular flexibility index (Phi) is 3.81. The van der Waals surface area contributed by atoms with Crippen molar-refractivity contribution in [3.05, 3.63) is 65.2 Å². The number of hydrogen-bond donors (Lipinski definition) is 3. The Morgan fingerprint density at radius 1 is 1.00 bits per heavy atom. The molecule has 5 heteroatoms. The number of rotatable bonds is 4. The van der Waals surface area contributed by atoms with E-state index in [1.54, 1.807) is 30.3 Å². The van der Waals surface area contributed by atoms with Gasteiger partial charge >= 0.3 is 5.97 Å². The first-order valence-corrected chi connectivity index (χ1v) is 5.99. The van der Waals surface area contributed by atoms with Crippen molar-refractivity contribution in [3.8, 4) is 0 Å². The summed E-state index contributed by atoms with van der Waals surface area (Å²) in [4.78, 5) is 23.5. The molecule has 1 atom stereocenters. The quantitative estimate of drug-likeness (QED) is 0.580. The van der Waals surface area contributed by atoms with Gasteiger partial charge < -0.3 is 16.6 Å². The Morgan fingerprint density at radius 2 is 1.65 bits per heavy atom. The second-order valence-electron chi connectivity index (χ2n) is 4.32. The van der Waals surface area contributed by atoms with Gasteiger partial charge in [-0.1, -0.05) is 36.4 Å². The Labute approximate surface area is 115 Å². The van der Waals surface area contributed by atoms with Crippen LogP contribution in [0.1, 0.15) is 32.3 Å².